The molecule has 1 aromatic heterocycles. The highest BCUT2D eigenvalue weighted by molar-refractivity contribution is 6.30. The smallest absolute Gasteiger partial charge is 0.303 e. The lowest BCUT2D eigenvalue weighted by Gasteiger charge is -2.42. The van der Waals surface area contributed by atoms with Crippen molar-refractivity contribution in [3.8, 4) is 0 Å². The molecule has 1 aliphatic heterocycles. The molecule has 32 heavy (non-hydrogen) atoms. The van der Waals surface area contributed by atoms with Crippen molar-refractivity contribution in [2.24, 2.45) is 16.6 Å². The molecule has 1 saturated heterocycles. The molecule has 4 rings (SSSR count). The summed E-state index contributed by atoms with van der Waals surface area (Å²) >= 11 is 5.91. The van der Waals surface area contributed by atoms with Gasteiger partial charge in [0.25, 0.3) is 6.43 Å². The van der Waals surface area contributed by atoms with Crippen molar-refractivity contribution in [1.29, 1.82) is 0 Å². The number of anilines is 1. The summed E-state index contributed by atoms with van der Waals surface area (Å²) in [5.41, 5.74) is 8.38. The van der Waals surface area contributed by atoms with E-state index in [4.69, 9.17) is 26.9 Å². The van der Waals surface area contributed by atoms with Gasteiger partial charge >= 0.3 is 6.02 Å². The van der Waals surface area contributed by atoms with Gasteiger partial charge in [-0.25, -0.2) is 18.2 Å². The van der Waals surface area contributed by atoms with E-state index in [-0.39, 0.29) is 11.6 Å². The Kier molecular flexibility index (Phi) is 6.45. The molecule has 1 unspecified atom stereocenters. The lowest BCUT2D eigenvalue weighted by Crippen LogP contribution is -2.53. The largest absolute Gasteiger partial charge is 0.376 e. The zero-order valence-corrected chi connectivity index (χ0v) is 18.0. The van der Waals surface area contributed by atoms with Crippen molar-refractivity contribution in [2.75, 3.05) is 18.5 Å². The molecule has 0 spiro atoms. The Bertz CT molecular complexity index is 988. The van der Waals surface area contributed by atoms with E-state index in [2.05, 4.69) is 20.8 Å². The van der Waals surface area contributed by atoms with Gasteiger partial charge in [-0.05, 0) is 42.7 Å². The van der Waals surface area contributed by atoms with Crippen LogP contribution >= 0.6 is 11.6 Å². The first kappa shape index (κ1) is 22.6. The van der Waals surface area contributed by atoms with Crippen LogP contribution in [0.1, 0.15) is 30.6 Å². The average molecular weight is 470 g/mol. The van der Waals surface area contributed by atoms with Crippen molar-refractivity contribution in [3.05, 3.63) is 58.6 Å². The quantitative estimate of drug-likeness (QED) is 0.309. The molecule has 1 saturated carbocycles. The van der Waals surface area contributed by atoms with Gasteiger partial charge in [0.2, 0.25) is 0 Å². The van der Waals surface area contributed by atoms with Crippen LogP contribution in [0.3, 0.4) is 0 Å². The molecule has 7 nitrogen and oxygen atoms in total. The second-order valence-electron chi connectivity index (χ2n) is 8.08. The average Bonchev–Trinajstić information content (AvgIpc) is 3.44. The first-order valence-corrected chi connectivity index (χ1v) is 10.5. The number of rotatable bonds is 8. The van der Waals surface area contributed by atoms with E-state index in [1.54, 1.807) is 12.1 Å². The molecule has 2 aromatic rings. The predicted molar refractivity (Wildman–Crippen MR) is 114 cm³/mol. The van der Waals surface area contributed by atoms with Gasteiger partial charge in [-0.2, -0.15) is 0 Å². The van der Waals surface area contributed by atoms with Crippen LogP contribution in [0, 0.1) is 11.7 Å². The molecule has 2 aliphatic rings. The Morgan fingerprint density at radius 2 is 2.09 bits per heavy atom. The van der Waals surface area contributed by atoms with Crippen LogP contribution in [-0.2, 0) is 15.1 Å². The number of ether oxygens (including phenoxy) is 1. The third kappa shape index (κ3) is 4.92. The number of hydroxylamine groups is 1. The lowest BCUT2D eigenvalue weighted by atomic mass is 9.91. The molecule has 0 bridgehead atoms. The number of aromatic nitrogens is 1. The molecule has 3 atom stereocenters. The van der Waals surface area contributed by atoms with Crippen molar-refractivity contribution in [2.45, 2.75) is 37.4 Å². The zero-order valence-electron chi connectivity index (χ0n) is 17.2. The summed E-state index contributed by atoms with van der Waals surface area (Å²) in [5.74, 6) is -0.420. The normalized spacial score (nSPS) is 22.9. The van der Waals surface area contributed by atoms with Crippen molar-refractivity contribution >= 4 is 23.3 Å². The SMILES string of the molecule is C[C@H]1C[C@H]1NO/C(N)=N\C(c1cc(NC2(c3ccc(Cl)cn3)COC2)ccc1F)C(F)F. The van der Waals surface area contributed by atoms with E-state index in [0.29, 0.717) is 35.5 Å². The molecule has 172 valence electrons. The van der Waals surface area contributed by atoms with E-state index in [9.17, 15) is 13.2 Å². The second kappa shape index (κ2) is 9.13. The number of pyridine rings is 1. The summed E-state index contributed by atoms with van der Waals surface area (Å²) in [6.07, 6.45) is -0.599. The summed E-state index contributed by atoms with van der Waals surface area (Å²) < 4.78 is 47.4. The van der Waals surface area contributed by atoms with E-state index < -0.39 is 29.8 Å². The fourth-order valence-corrected chi connectivity index (χ4v) is 3.53. The minimum atomic E-state index is -3.00. The van der Waals surface area contributed by atoms with Gasteiger partial charge in [-0.1, -0.05) is 18.5 Å². The number of aliphatic imine (C=N–C) groups is 1. The fourth-order valence-electron chi connectivity index (χ4n) is 3.42. The topological polar surface area (TPSA) is 93.8 Å². The Morgan fingerprint density at radius 3 is 2.66 bits per heavy atom. The lowest BCUT2D eigenvalue weighted by molar-refractivity contribution is -0.0467. The fraction of sp³-hybridized carbons (Fsp3) is 0.429. The van der Waals surface area contributed by atoms with E-state index >= 15 is 0 Å². The number of nitrogens with two attached hydrogens (primary N) is 1. The van der Waals surface area contributed by atoms with Gasteiger partial charge in [-0.3, -0.25) is 4.98 Å². The molecule has 2 heterocycles. The zero-order chi connectivity index (χ0) is 22.9. The number of halogens is 4. The summed E-state index contributed by atoms with van der Waals surface area (Å²) in [7, 11) is 0. The van der Waals surface area contributed by atoms with Gasteiger partial charge in [-0.15, -0.1) is 5.48 Å². The van der Waals surface area contributed by atoms with Gasteiger partial charge < -0.3 is 20.6 Å². The summed E-state index contributed by atoms with van der Waals surface area (Å²) in [6.45, 7) is 2.61. The molecule has 0 amide bonds. The first-order chi connectivity index (χ1) is 15.3. The number of nitrogens with one attached hydrogen (secondary N) is 2. The predicted octanol–water partition coefficient (Wildman–Crippen LogP) is 3.76. The molecule has 11 heteroatoms. The number of alkyl halides is 2. The minimum Gasteiger partial charge on any atom is -0.376 e. The van der Waals surface area contributed by atoms with Gasteiger partial charge in [0, 0.05) is 23.5 Å². The van der Waals surface area contributed by atoms with E-state index in [1.807, 2.05) is 6.92 Å². The van der Waals surface area contributed by atoms with Gasteiger partial charge in [0.15, 0.2) is 0 Å². The highest BCUT2D eigenvalue weighted by Gasteiger charge is 2.42. The third-order valence-electron chi connectivity index (χ3n) is 5.54. The first-order valence-electron chi connectivity index (χ1n) is 10.1. The summed E-state index contributed by atoms with van der Waals surface area (Å²) in [5, 5.41) is 3.71. The van der Waals surface area contributed by atoms with Gasteiger partial charge in [0.1, 0.15) is 17.4 Å². The Hall–Kier alpha value is -2.56. The van der Waals surface area contributed by atoms with Crippen LogP contribution in [0.5, 0.6) is 0 Å². The van der Waals surface area contributed by atoms with Gasteiger partial charge in [0.05, 0.1) is 23.9 Å². The van der Waals surface area contributed by atoms with Crippen LogP contribution in [0.4, 0.5) is 18.9 Å². The Labute approximate surface area is 188 Å². The molecular formula is C21H23ClF3N5O2. The molecule has 1 aliphatic carbocycles. The number of hydrogen-bond donors (Lipinski definition) is 3. The molecule has 1 aromatic carbocycles. The number of hydrogen-bond acceptors (Lipinski definition) is 6. The molecular weight excluding hydrogens is 447 g/mol. The molecule has 2 fully saturated rings. The summed E-state index contributed by atoms with van der Waals surface area (Å²) in [4.78, 5) is 13.1. The maximum absolute atomic E-state index is 14.5. The molecule has 0 radical (unpaired) electrons. The highest BCUT2D eigenvalue weighted by atomic mass is 35.5. The Morgan fingerprint density at radius 1 is 1.34 bits per heavy atom. The van der Waals surface area contributed by atoms with Crippen LogP contribution in [0.25, 0.3) is 0 Å². The number of benzene rings is 1. The van der Waals surface area contributed by atoms with Crippen LogP contribution in [0.2, 0.25) is 5.02 Å². The van der Waals surface area contributed by atoms with Crippen LogP contribution in [0.15, 0.2) is 41.5 Å². The second-order valence-corrected chi connectivity index (χ2v) is 8.52. The van der Waals surface area contributed by atoms with Crippen molar-refractivity contribution in [1.82, 2.24) is 10.5 Å². The maximum Gasteiger partial charge on any atom is 0.303 e. The summed E-state index contributed by atoms with van der Waals surface area (Å²) in [6, 6.07) is 5.07. The number of amidine groups is 1. The monoisotopic (exact) mass is 469 g/mol. The van der Waals surface area contributed by atoms with Crippen molar-refractivity contribution < 1.29 is 22.7 Å². The van der Waals surface area contributed by atoms with E-state index in [0.717, 1.165) is 12.5 Å². The van der Waals surface area contributed by atoms with Crippen molar-refractivity contribution in [3.63, 3.8) is 0 Å². The van der Waals surface area contributed by atoms with Crippen LogP contribution in [-0.4, -0.2) is 36.7 Å². The maximum atomic E-state index is 14.5. The van der Waals surface area contributed by atoms with E-state index in [1.165, 1.54) is 18.3 Å². The number of nitrogens with zero attached hydrogens (tertiary/aromatic N) is 2. The minimum absolute atomic E-state index is 0.0976. The third-order valence-corrected chi connectivity index (χ3v) is 5.77. The highest BCUT2D eigenvalue weighted by Crippen LogP contribution is 2.35. The molecule has 4 N–H and O–H groups in total. The Balaban J connectivity index is 1.55. The standard InChI is InChI=1S/C21H23ClF3N5O2/c1-11-6-16(11)30-32-20(26)28-18(19(24)25)14-7-13(3-4-15(14)23)29-21(9-31-10-21)17-5-2-12(22)8-27-17/h2-5,7-8,11,16,18-19,29-30H,6,9-10H2,1H3,(H2,26,28)/t11-,16+,18?/m0/s1. The van der Waals surface area contributed by atoms with Crippen LogP contribution < -0.4 is 16.5 Å².